The van der Waals surface area contributed by atoms with Gasteiger partial charge in [-0.25, -0.2) is 0 Å². The number of ether oxygens (including phenoxy) is 2. The number of aryl methyl sites for hydroxylation is 1. The third kappa shape index (κ3) is 2.63. The normalized spacial score (nSPS) is 12.7. The predicted octanol–water partition coefficient (Wildman–Crippen LogP) is 2.82. The molecule has 1 heterocycles. The molecule has 0 amide bonds. The van der Waals surface area contributed by atoms with Crippen molar-refractivity contribution in [3.63, 3.8) is 0 Å². The highest BCUT2D eigenvalue weighted by atomic mass is 16.7. The Hall–Kier alpha value is -2.00. The summed E-state index contributed by atoms with van der Waals surface area (Å²) in [4.78, 5) is 0. The van der Waals surface area contributed by atoms with Crippen LogP contribution in [0.4, 0.5) is 0 Å². The van der Waals surface area contributed by atoms with E-state index in [-0.39, 0.29) is 0 Å². The zero-order chi connectivity index (χ0) is 13.9. The van der Waals surface area contributed by atoms with Gasteiger partial charge in [0, 0.05) is 0 Å². The summed E-state index contributed by atoms with van der Waals surface area (Å²) in [5.74, 6) is 1.70. The lowest BCUT2D eigenvalue weighted by Crippen LogP contribution is -2.02. The number of hydrogen-bond donors (Lipinski definition) is 1. The number of hydrogen-bond acceptors (Lipinski definition) is 3. The van der Waals surface area contributed by atoms with Crippen LogP contribution >= 0.6 is 0 Å². The van der Waals surface area contributed by atoms with Gasteiger partial charge in [-0.2, -0.15) is 0 Å². The van der Waals surface area contributed by atoms with Crippen LogP contribution in [0.15, 0.2) is 36.4 Å². The van der Waals surface area contributed by atoms with Gasteiger partial charge in [0.1, 0.15) is 0 Å². The second-order valence-corrected chi connectivity index (χ2v) is 5.16. The third-order valence-corrected chi connectivity index (χ3v) is 3.68. The van der Waals surface area contributed by atoms with Crippen LogP contribution in [0, 0.1) is 6.92 Å². The van der Waals surface area contributed by atoms with Gasteiger partial charge in [0.25, 0.3) is 0 Å². The Balaban J connectivity index is 1.80. The van der Waals surface area contributed by atoms with Gasteiger partial charge < -0.3 is 15.2 Å². The standard InChI is InChI=1S/C17H19NO2/c1-12-8-16-17(20-11-19-16)10-15(12)9-14-4-2-13(3-5-14)6-7-18/h2-5,8,10H,6-7,9,11,18H2,1H3. The van der Waals surface area contributed by atoms with Crippen LogP contribution in [0.1, 0.15) is 22.3 Å². The van der Waals surface area contributed by atoms with Crippen molar-refractivity contribution in [2.75, 3.05) is 13.3 Å². The molecule has 20 heavy (non-hydrogen) atoms. The SMILES string of the molecule is Cc1cc2c(cc1Cc1ccc(CCN)cc1)OCO2. The van der Waals surface area contributed by atoms with E-state index in [2.05, 4.69) is 43.3 Å². The van der Waals surface area contributed by atoms with E-state index >= 15 is 0 Å². The molecule has 0 unspecified atom stereocenters. The molecular weight excluding hydrogens is 250 g/mol. The van der Waals surface area contributed by atoms with E-state index in [1.54, 1.807) is 0 Å². The minimum atomic E-state index is 0.325. The molecule has 0 spiro atoms. The highest BCUT2D eigenvalue weighted by Crippen LogP contribution is 2.35. The first-order chi connectivity index (χ1) is 9.76. The summed E-state index contributed by atoms with van der Waals surface area (Å²) in [6, 6.07) is 12.8. The Kier molecular flexibility index (Phi) is 3.61. The minimum Gasteiger partial charge on any atom is -0.454 e. The number of fused-ring (bicyclic) bond motifs is 1. The molecule has 104 valence electrons. The number of rotatable bonds is 4. The van der Waals surface area contributed by atoms with Crippen LogP contribution in [-0.4, -0.2) is 13.3 Å². The van der Waals surface area contributed by atoms with Crippen molar-refractivity contribution in [1.29, 1.82) is 0 Å². The van der Waals surface area contributed by atoms with Crippen molar-refractivity contribution < 1.29 is 9.47 Å². The Morgan fingerprint density at radius 1 is 1.00 bits per heavy atom. The third-order valence-electron chi connectivity index (χ3n) is 3.68. The van der Waals surface area contributed by atoms with Crippen molar-refractivity contribution in [1.82, 2.24) is 0 Å². The van der Waals surface area contributed by atoms with Crippen LogP contribution in [-0.2, 0) is 12.8 Å². The maximum Gasteiger partial charge on any atom is 0.231 e. The number of nitrogens with two attached hydrogens (primary N) is 1. The molecule has 0 bridgehead atoms. The first kappa shape index (κ1) is 13.0. The smallest absolute Gasteiger partial charge is 0.231 e. The van der Waals surface area contributed by atoms with E-state index in [9.17, 15) is 0 Å². The van der Waals surface area contributed by atoms with E-state index in [1.807, 2.05) is 0 Å². The Morgan fingerprint density at radius 2 is 1.65 bits per heavy atom. The summed E-state index contributed by atoms with van der Waals surface area (Å²) in [6.07, 6.45) is 1.84. The van der Waals surface area contributed by atoms with E-state index in [4.69, 9.17) is 15.2 Å². The number of benzene rings is 2. The first-order valence-electron chi connectivity index (χ1n) is 6.93. The molecule has 0 fully saturated rings. The van der Waals surface area contributed by atoms with Crippen LogP contribution in [0.25, 0.3) is 0 Å². The lowest BCUT2D eigenvalue weighted by molar-refractivity contribution is 0.174. The second-order valence-electron chi connectivity index (χ2n) is 5.16. The summed E-state index contributed by atoms with van der Waals surface area (Å²) in [7, 11) is 0. The zero-order valence-electron chi connectivity index (χ0n) is 11.7. The molecule has 3 nitrogen and oxygen atoms in total. The molecule has 2 aromatic rings. The fourth-order valence-corrected chi connectivity index (χ4v) is 2.49. The van der Waals surface area contributed by atoms with E-state index in [1.165, 1.54) is 22.3 Å². The van der Waals surface area contributed by atoms with Gasteiger partial charge in [0.05, 0.1) is 0 Å². The highest BCUT2D eigenvalue weighted by molar-refractivity contribution is 5.49. The van der Waals surface area contributed by atoms with Gasteiger partial charge in [0.15, 0.2) is 11.5 Å². The molecule has 0 radical (unpaired) electrons. The van der Waals surface area contributed by atoms with Crippen molar-refractivity contribution in [3.05, 3.63) is 58.7 Å². The van der Waals surface area contributed by atoms with Crippen molar-refractivity contribution in [2.45, 2.75) is 19.8 Å². The minimum absolute atomic E-state index is 0.325. The van der Waals surface area contributed by atoms with E-state index in [0.29, 0.717) is 13.3 Å². The zero-order valence-corrected chi connectivity index (χ0v) is 11.7. The van der Waals surface area contributed by atoms with Gasteiger partial charge in [-0.15, -0.1) is 0 Å². The first-order valence-corrected chi connectivity index (χ1v) is 6.93. The molecule has 3 heteroatoms. The van der Waals surface area contributed by atoms with Gasteiger partial charge >= 0.3 is 0 Å². The maximum atomic E-state index is 5.57. The summed E-state index contributed by atoms with van der Waals surface area (Å²) in [6.45, 7) is 3.13. The van der Waals surface area contributed by atoms with Crippen molar-refractivity contribution in [2.24, 2.45) is 5.73 Å². The van der Waals surface area contributed by atoms with E-state index < -0.39 is 0 Å². The summed E-state index contributed by atoms with van der Waals surface area (Å²) in [5.41, 5.74) is 10.7. The van der Waals surface area contributed by atoms with Gasteiger partial charge in [-0.3, -0.25) is 0 Å². The summed E-state index contributed by atoms with van der Waals surface area (Å²) in [5, 5.41) is 0. The Morgan fingerprint density at radius 3 is 2.35 bits per heavy atom. The molecule has 3 rings (SSSR count). The van der Waals surface area contributed by atoms with Gasteiger partial charge in [-0.05, 0) is 60.7 Å². The predicted molar refractivity (Wildman–Crippen MR) is 79.3 cm³/mol. The fourth-order valence-electron chi connectivity index (χ4n) is 2.49. The van der Waals surface area contributed by atoms with E-state index in [0.717, 1.165) is 24.3 Å². The topological polar surface area (TPSA) is 44.5 Å². The summed E-state index contributed by atoms with van der Waals surface area (Å²) < 4.78 is 10.8. The van der Waals surface area contributed by atoms with Crippen LogP contribution < -0.4 is 15.2 Å². The Labute approximate surface area is 119 Å². The van der Waals surface area contributed by atoms with Crippen LogP contribution in [0.3, 0.4) is 0 Å². The lowest BCUT2D eigenvalue weighted by atomic mass is 9.98. The molecule has 1 aliphatic rings. The largest absolute Gasteiger partial charge is 0.454 e. The van der Waals surface area contributed by atoms with Crippen LogP contribution in [0.5, 0.6) is 11.5 Å². The molecular formula is C17H19NO2. The molecule has 0 saturated carbocycles. The fraction of sp³-hybridized carbons (Fsp3) is 0.294. The molecule has 0 saturated heterocycles. The second kappa shape index (κ2) is 5.55. The van der Waals surface area contributed by atoms with Crippen LogP contribution in [0.2, 0.25) is 0 Å². The monoisotopic (exact) mass is 269 g/mol. The maximum absolute atomic E-state index is 5.57. The average molecular weight is 269 g/mol. The molecule has 0 aromatic heterocycles. The summed E-state index contributed by atoms with van der Waals surface area (Å²) >= 11 is 0. The Bertz CT molecular complexity index is 605. The molecule has 0 aliphatic carbocycles. The molecule has 1 aliphatic heterocycles. The van der Waals surface area contributed by atoms with Gasteiger partial charge in [-0.1, -0.05) is 24.3 Å². The highest BCUT2D eigenvalue weighted by Gasteiger charge is 2.15. The molecule has 0 atom stereocenters. The van der Waals surface area contributed by atoms with Crippen molar-refractivity contribution >= 4 is 0 Å². The van der Waals surface area contributed by atoms with Crippen molar-refractivity contribution in [3.8, 4) is 11.5 Å². The molecule has 2 aromatic carbocycles. The molecule has 2 N–H and O–H groups in total. The quantitative estimate of drug-likeness (QED) is 0.928. The van der Waals surface area contributed by atoms with Gasteiger partial charge in [0.2, 0.25) is 6.79 Å². The lowest BCUT2D eigenvalue weighted by Gasteiger charge is -2.08. The average Bonchev–Trinajstić information content (AvgIpc) is 2.89.